The fourth-order valence-electron chi connectivity index (χ4n) is 5.07. The third-order valence-corrected chi connectivity index (χ3v) is 6.73. The number of aryl methyl sites for hydroxylation is 1. The van der Waals surface area contributed by atoms with Gasteiger partial charge in [-0.15, -0.1) is 0 Å². The molecule has 1 spiro atoms. The number of halogens is 2. The molecule has 0 radical (unpaired) electrons. The van der Waals surface area contributed by atoms with Crippen molar-refractivity contribution in [3.05, 3.63) is 33.3 Å². The SMILES string of the molecule is Cc1cc(Cl)cc(Cl)c1C12C(=O)N(OCC1C)C1(CCCCC1)C2=O. The topological polar surface area (TPSA) is 46.6 Å². The molecule has 134 valence electrons. The van der Waals surface area contributed by atoms with Gasteiger partial charge in [0.1, 0.15) is 11.0 Å². The number of hydrogen-bond acceptors (Lipinski definition) is 3. The van der Waals surface area contributed by atoms with Crippen molar-refractivity contribution in [2.45, 2.75) is 56.9 Å². The molecule has 2 atom stereocenters. The molecular formula is C19H21Cl2NO3. The first-order valence-corrected chi connectivity index (χ1v) is 9.60. The Morgan fingerprint density at radius 2 is 1.84 bits per heavy atom. The predicted molar refractivity (Wildman–Crippen MR) is 95.7 cm³/mol. The zero-order valence-corrected chi connectivity index (χ0v) is 15.9. The van der Waals surface area contributed by atoms with Gasteiger partial charge < -0.3 is 0 Å². The van der Waals surface area contributed by atoms with Crippen LogP contribution in [0.15, 0.2) is 12.1 Å². The molecule has 0 aromatic heterocycles. The lowest BCUT2D eigenvalue weighted by Gasteiger charge is -2.39. The van der Waals surface area contributed by atoms with Gasteiger partial charge in [0.15, 0.2) is 5.78 Å². The van der Waals surface area contributed by atoms with Gasteiger partial charge in [-0.2, -0.15) is 0 Å². The number of hydroxylamine groups is 2. The maximum absolute atomic E-state index is 13.9. The molecule has 0 N–H and O–H groups in total. The molecule has 1 aromatic carbocycles. The number of amides is 1. The molecule has 1 saturated carbocycles. The van der Waals surface area contributed by atoms with Crippen molar-refractivity contribution < 1.29 is 14.4 Å². The fourth-order valence-corrected chi connectivity index (χ4v) is 5.82. The smallest absolute Gasteiger partial charge is 0.265 e. The summed E-state index contributed by atoms with van der Waals surface area (Å²) in [5.41, 5.74) is -0.714. The number of benzene rings is 1. The molecule has 2 unspecified atom stereocenters. The largest absolute Gasteiger partial charge is 0.295 e. The number of carbonyl (C=O) groups excluding carboxylic acids is 2. The molecule has 6 heteroatoms. The lowest BCUT2D eigenvalue weighted by atomic mass is 9.63. The minimum absolute atomic E-state index is 0.0398. The van der Waals surface area contributed by atoms with Crippen LogP contribution in [0.1, 0.15) is 50.2 Å². The third kappa shape index (κ3) is 2.05. The third-order valence-electron chi connectivity index (χ3n) is 6.21. The molecule has 2 bridgehead atoms. The highest BCUT2D eigenvalue weighted by atomic mass is 35.5. The van der Waals surface area contributed by atoms with Crippen LogP contribution in [0.3, 0.4) is 0 Å². The van der Waals surface area contributed by atoms with Crippen LogP contribution in [-0.2, 0) is 19.8 Å². The maximum atomic E-state index is 13.9. The van der Waals surface area contributed by atoms with Crippen LogP contribution in [-0.4, -0.2) is 28.9 Å². The molecule has 2 heterocycles. The molecule has 3 fully saturated rings. The summed E-state index contributed by atoms with van der Waals surface area (Å²) < 4.78 is 0. The molecule has 1 amide bonds. The van der Waals surface area contributed by atoms with E-state index in [9.17, 15) is 9.59 Å². The van der Waals surface area contributed by atoms with E-state index in [4.69, 9.17) is 28.0 Å². The van der Waals surface area contributed by atoms with Crippen molar-refractivity contribution in [1.82, 2.24) is 5.06 Å². The van der Waals surface area contributed by atoms with Crippen LogP contribution in [0.25, 0.3) is 0 Å². The van der Waals surface area contributed by atoms with E-state index in [0.717, 1.165) is 24.8 Å². The summed E-state index contributed by atoms with van der Waals surface area (Å²) >= 11 is 12.7. The van der Waals surface area contributed by atoms with E-state index in [2.05, 4.69) is 0 Å². The van der Waals surface area contributed by atoms with Gasteiger partial charge in [-0.1, -0.05) is 49.4 Å². The molecule has 4 nitrogen and oxygen atoms in total. The summed E-state index contributed by atoms with van der Waals surface area (Å²) in [6.07, 6.45) is 4.26. The van der Waals surface area contributed by atoms with E-state index in [-0.39, 0.29) is 17.6 Å². The average molecular weight is 382 g/mol. The first-order chi connectivity index (χ1) is 11.9. The Morgan fingerprint density at radius 1 is 1.16 bits per heavy atom. The summed E-state index contributed by atoms with van der Waals surface area (Å²) in [6.45, 7) is 4.10. The molecular weight excluding hydrogens is 361 g/mol. The fraction of sp³-hybridized carbons (Fsp3) is 0.579. The Bertz CT molecular complexity index is 749. The standard InChI is InChI=1S/C19H21Cl2NO3/c1-11-8-13(20)9-14(21)15(11)19-12(2)10-25-22(17(19)24)18(16(19)23)6-4-3-5-7-18/h8-9,12H,3-7,10H2,1-2H3. The van der Waals surface area contributed by atoms with Crippen molar-refractivity contribution in [2.75, 3.05) is 6.61 Å². The molecule has 2 saturated heterocycles. The Balaban J connectivity index is 1.98. The molecule has 25 heavy (non-hydrogen) atoms. The summed E-state index contributed by atoms with van der Waals surface area (Å²) in [5, 5.41) is 2.29. The summed E-state index contributed by atoms with van der Waals surface area (Å²) in [4.78, 5) is 33.1. The Hall–Kier alpha value is -1.10. The molecule has 1 aromatic rings. The first kappa shape index (κ1) is 17.3. The van der Waals surface area contributed by atoms with E-state index in [1.54, 1.807) is 12.1 Å². The van der Waals surface area contributed by atoms with Crippen LogP contribution in [0.4, 0.5) is 0 Å². The zero-order valence-electron chi connectivity index (χ0n) is 14.4. The van der Waals surface area contributed by atoms with Gasteiger partial charge >= 0.3 is 0 Å². The Morgan fingerprint density at radius 3 is 2.48 bits per heavy atom. The van der Waals surface area contributed by atoms with Gasteiger partial charge in [0.25, 0.3) is 5.91 Å². The average Bonchev–Trinajstić information content (AvgIpc) is 2.66. The number of ketones is 1. The quantitative estimate of drug-likeness (QED) is 0.683. The second kappa shape index (κ2) is 5.70. The van der Waals surface area contributed by atoms with Crippen molar-refractivity contribution in [2.24, 2.45) is 5.92 Å². The number of hydrogen-bond donors (Lipinski definition) is 0. The molecule has 3 aliphatic rings. The monoisotopic (exact) mass is 381 g/mol. The van der Waals surface area contributed by atoms with Gasteiger partial charge in [0, 0.05) is 16.0 Å². The summed E-state index contributed by atoms with van der Waals surface area (Å²) in [6, 6.07) is 3.40. The van der Waals surface area contributed by atoms with Crippen LogP contribution < -0.4 is 0 Å². The van der Waals surface area contributed by atoms with Crippen molar-refractivity contribution in [3.63, 3.8) is 0 Å². The van der Waals surface area contributed by atoms with Gasteiger partial charge in [0.2, 0.25) is 0 Å². The van der Waals surface area contributed by atoms with Crippen molar-refractivity contribution >= 4 is 34.9 Å². The lowest BCUT2D eigenvalue weighted by molar-refractivity contribution is -0.229. The number of nitrogens with zero attached hydrogens (tertiary/aromatic N) is 1. The van der Waals surface area contributed by atoms with Crippen LogP contribution in [0.2, 0.25) is 10.0 Å². The van der Waals surface area contributed by atoms with Crippen molar-refractivity contribution in [3.8, 4) is 0 Å². The number of rotatable bonds is 1. The molecule has 4 rings (SSSR count). The molecule has 1 aliphatic carbocycles. The number of carbonyl (C=O) groups is 2. The summed E-state index contributed by atoms with van der Waals surface area (Å²) in [5.74, 6) is -0.574. The lowest BCUT2D eigenvalue weighted by Crippen LogP contribution is -2.52. The minimum atomic E-state index is -1.26. The maximum Gasteiger partial charge on any atom is 0.265 e. The number of Topliss-reactive ketones (excluding diaryl/α,β-unsaturated/α-hetero) is 1. The number of fused-ring (bicyclic) bond motifs is 3. The second-order valence-electron chi connectivity index (χ2n) is 7.61. The van der Waals surface area contributed by atoms with Crippen LogP contribution >= 0.6 is 23.2 Å². The van der Waals surface area contributed by atoms with Crippen LogP contribution in [0.5, 0.6) is 0 Å². The minimum Gasteiger partial charge on any atom is -0.295 e. The highest BCUT2D eigenvalue weighted by Crippen LogP contribution is 2.56. The van der Waals surface area contributed by atoms with E-state index in [1.165, 1.54) is 5.06 Å². The van der Waals surface area contributed by atoms with E-state index in [0.29, 0.717) is 35.1 Å². The van der Waals surface area contributed by atoms with Gasteiger partial charge in [-0.3, -0.25) is 14.4 Å². The highest BCUT2D eigenvalue weighted by Gasteiger charge is 2.72. The van der Waals surface area contributed by atoms with Crippen LogP contribution in [0, 0.1) is 12.8 Å². The zero-order chi connectivity index (χ0) is 18.0. The predicted octanol–water partition coefficient (Wildman–Crippen LogP) is 4.24. The Labute approximate surface area is 157 Å². The summed E-state index contributed by atoms with van der Waals surface area (Å²) in [7, 11) is 0. The normalized spacial score (nSPS) is 31.0. The molecule has 2 aliphatic heterocycles. The van der Waals surface area contributed by atoms with Gasteiger partial charge in [0.05, 0.1) is 6.61 Å². The second-order valence-corrected chi connectivity index (χ2v) is 8.45. The Kier molecular flexibility index (Phi) is 3.95. The van der Waals surface area contributed by atoms with Gasteiger partial charge in [-0.05, 0) is 43.0 Å². The highest BCUT2D eigenvalue weighted by molar-refractivity contribution is 6.36. The van der Waals surface area contributed by atoms with Crippen molar-refractivity contribution in [1.29, 1.82) is 0 Å². The van der Waals surface area contributed by atoms with E-state index in [1.807, 2.05) is 13.8 Å². The first-order valence-electron chi connectivity index (χ1n) is 8.84. The van der Waals surface area contributed by atoms with Gasteiger partial charge in [-0.25, -0.2) is 5.06 Å². The van der Waals surface area contributed by atoms with E-state index < -0.39 is 11.0 Å². The van der Waals surface area contributed by atoms with E-state index >= 15 is 0 Å².